The van der Waals surface area contributed by atoms with Gasteiger partial charge in [-0.1, -0.05) is 19.3 Å². The maximum Gasteiger partial charge on any atom is 0.266 e. The van der Waals surface area contributed by atoms with Crippen molar-refractivity contribution in [2.75, 3.05) is 13.2 Å². The van der Waals surface area contributed by atoms with E-state index in [1.165, 1.54) is 6.92 Å². The molecule has 0 aliphatic rings. The van der Waals surface area contributed by atoms with Crippen molar-refractivity contribution in [2.24, 2.45) is 5.92 Å². The molecule has 0 unspecified atom stereocenters. The first-order valence-electron chi connectivity index (χ1n) is 4.15. The number of hydroxylamine groups is 1. The molecular weight excluding hydrogens is 172 g/mol. The van der Waals surface area contributed by atoms with Crippen LogP contribution >= 0.6 is 0 Å². The van der Waals surface area contributed by atoms with Gasteiger partial charge in [-0.3, -0.25) is 9.59 Å². The third-order valence-corrected chi connectivity index (χ3v) is 1.21. The molecule has 5 nitrogen and oxygen atoms in total. The molecule has 0 saturated heterocycles. The number of rotatable bonds is 5. The highest BCUT2D eigenvalue weighted by Gasteiger charge is 2.04. The molecule has 0 aromatic heterocycles. The van der Waals surface area contributed by atoms with E-state index in [2.05, 4.69) is 15.6 Å². The predicted octanol–water partition coefficient (Wildman–Crippen LogP) is -0.159. The first-order valence-corrected chi connectivity index (χ1v) is 4.15. The molecule has 2 amide bonds. The highest BCUT2D eigenvalue weighted by Crippen LogP contribution is 1.89. The second-order valence-electron chi connectivity index (χ2n) is 2.89. The molecule has 0 heterocycles. The van der Waals surface area contributed by atoms with Crippen LogP contribution in [0.1, 0.15) is 20.8 Å². The fraction of sp³-hybridized carbons (Fsp3) is 0.750. The van der Waals surface area contributed by atoms with Gasteiger partial charge in [0.05, 0.1) is 6.61 Å². The Bertz CT molecular complexity index is 180. The van der Waals surface area contributed by atoms with Crippen molar-refractivity contribution in [1.29, 1.82) is 0 Å². The van der Waals surface area contributed by atoms with Gasteiger partial charge in [-0.25, -0.2) is 4.84 Å². The lowest BCUT2D eigenvalue weighted by Crippen LogP contribution is -2.31. The monoisotopic (exact) mass is 187 g/mol. The van der Waals surface area contributed by atoms with E-state index in [4.69, 9.17) is 0 Å². The van der Waals surface area contributed by atoms with Gasteiger partial charge in [0.25, 0.3) is 5.91 Å². The predicted molar refractivity (Wildman–Crippen MR) is 46.6 cm³/mol. The Morgan fingerprint density at radius 1 is 1.46 bits per heavy atom. The molecule has 0 aliphatic carbocycles. The summed E-state index contributed by atoms with van der Waals surface area (Å²) in [5, 5.41) is 2.62. The minimum Gasteiger partial charge on any atom is -0.353 e. The number of carbonyl (C=O) groups excluding carboxylic acids is 2. The normalized spacial score (nSPS) is 9.85. The summed E-state index contributed by atoms with van der Waals surface area (Å²) >= 11 is 0. The largest absolute Gasteiger partial charge is 0.353 e. The first-order chi connectivity index (χ1) is 6.04. The molecule has 1 N–H and O–H groups in total. The number of nitrogens with one attached hydrogen (secondary N) is 1. The minimum absolute atomic E-state index is 0.0357. The van der Waals surface area contributed by atoms with Crippen molar-refractivity contribution < 1.29 is 14.4 Å². The summed E-state index contributed by atoms with van der Waals surface area (Å²) < 4.78 is 0. The fourth-order valence-electron chi connectivity index (χ4n) is 0.561. The molecule has 5 heteroatoms. The average molecular weight is 187 g/mol. The molecule has 0 aromatic rings. The lowest BCUT2D eigenvalue weighted by molar-refractivity contribution is -0.132. The maximum atomic E-state index is 11.0. The first kappa shape index (κ1) is 11.9. The summed E-state index contributed by atoms with van der Waals surface area (Å²) in [4.78, 5) is 25.8. The number of carbonyl (C=O) groups is 2. The zero-order valence-corrected chi connectivity index (χ0v) is 8.16. The van der Waals surface area contributed by atoms with Crippen LogP contribution < -0.4 is 10.8 Å². The van der Waals surface area contributed by atoms with E-state index in [1.54, 1.807) is 13.8 Å². The molecule has 0 spiro atoms. The Balaban J connectivity index is 3.26. The molecule has 0 fully saturated rings. The standard InChI is InChI=1S/C8H15N2O3/c1-6(2)8(12)9-4-5-13-10-7(3)11/h6H,4-5H2,1-3H3,(H,9,12). The van der Waals surface area contributed by atoms with Gasteiger partial charge in [0.1, 0.15) is 0 Å². The number of nitrogens with zero attached hydrogens (tertiary/aromatic N) is 1. The van der Waals surface area contributed by atoms with Crippen molar-refractivity contribution in [2.45, 2.75) is 20.8 Å². The quantitative estimate of drug-likeness (QED) is 0.480. The van der Waals surface area contributed by atoms with Gasteiger partial charge in [0, 0.05) is 19.4 Å². The van der Waals surface area contributed by atoms with Crippen LogP contribution in [0.5, 0.6) is 0 Å². The summed E-state index contributed by atoms with van der Waals surface area (Å²) in [6.45, 7) is 5.49. The Morgan fingerprint density at radius 2 is 2.08 bits per heavy atom. The van der Waals surface area contributed by atoms with Gasteiger partial charge in [0.15, 0.2) is 0 Å². The van der Waals surface area contributed by atoms with Gasteiger partial charge < -0.3 is 5.32 Å². The lowest BCUT2D eigenvalue weighted by Gasteiger charge is -2.06. The molecule has 75 valence electrons. The highest BCUT2D eigenvalue weighted by atomic mass is 16.6. The smallest absolute Gasteiger partial charge is 0.266 e. The summed E-state index contributed by atoms with van der Waals surface area (Å²) in [6, 6.07) is 0. The maximum absolute atomic E-state index is 11.0. The number of hydrogen-bond donors (Lipinski definition) is 1. The zero-order valence-electron chi connectivity index (χ0n) is 8.16. The van der Waals surface area contributed by atoms with Crippen LogP contribution in [0.3, 0.4) is 0 Å². The Kier molecular flexibility index (Phi) is 5.88. The number of amides is 2. The Labute approximate surface area is 77.8 Å². The minimum atomic E-state index is -0.379. The van der Waals surface area contributed by atoms with Gasteiger partial charge in [-0.05, 0) is 0 Å². The van der Waals surface area contributed by atoms with Gasteiger partial charge in [-0.15, -0.1) is 0 Å². The Morgan fingerprint density at radius 3 is 2.54 bits per heavy atom. The summed E-state index contributed by atoms with van der Waals surface area (Å²) in [6.07, 6.45) is 0. The van der Waals surface area contributed by atoms with Crippen molar-refractivity contribution in [3.63, 3.8) is 0 Å². The highest BCUT2D eigenvalue weighted by molar-refractivity contribution is 5.77. The van der Waals surface area contributed by atoms with E-state index in [-0.39, 0.29) is 24.3 Å². The fourth-order valence-corrected chi connectivity index (χ4v) is 0.561. The van der Waals surface area contributed by atoms with Crippen LogP contribution in [0.4, 0.5) is 0 Å². The summed E-state index contributed by atoms with van der Waals surface area (Å²) in [5.41, 5.74) is 3.18. The third kappa shape index (κ3) is 7.27. The molecule has 0 atom stereocenters. The van der Waals surface area contributed by atoms with Crippen LogP contribution in [0, 0.1) is 5.92 Å². The molecular formula is C8H15N2O3. The molecule has 0 saturated carbocycles. The second-order valence-corrected chi connectivity index (χ2v) is 2.89. The van der Waals surface area contributed by atoms with E-state index in [0.29, 0.717) is 6.54 Å². The topological polar surface area (TPSA) is 69.5 Å². The van der Waals surface area contributed by atoms with Crippen LogP contribution in [0.25, 0.3) is 0 Å². The summed E-state index contributed by atoms with van der Waals surface area (Å²) in [5.74, 6) is -0.452. The third-order valence-electron chi connectivity index (χ3n) is 1.21. The molecule has 1 radical (unpaired) electrons. The number of hydrogen-bond acceptors (Lipinski definition) is 3. The van der Waals surface area contributed by atoms with E-state index >= 15 is 0 Å². The van der Waals surface area contributed by atoms with Gasteiger partial charge in [-0.2, -0.15) is 0 Å². The zero-order chi connectivity index (χ0) is 10.3. The van der Waals surface area contributed by atoms with E-state index < -0.39 is 0 Å². The van der Waals surface area contributed by atoms with Crippen LogP contribution in [0.2, 0.25) is 0 Å². The average Bonchev–Trinajstić information content (AvgIpc) is 2.02. The SMILES string of the molecule is CC(=O)[N]OCCNC(=O)C(C)C. The Hall–Kier alpha value is -1.10. The molecule has 0 bridgehead atoms. The molecule has 13 heavy (non-hydrogen) atoms. The molecule has 0 rings (SSSR count). The van der Waals surface area contributed by atoms with Crippen LogP contribution in [-0.4, -0.2) is 25.0 Å². The van der Waals surface area contributed by atoms with Gasteiger partial charge >= 0.3 is 0 Å². The molecule has 0 aliphatic heterocycles. The molecule has 0 aromatic carbocycles. The van der Waals surface area contributed by atoms with E-state index in [9.17, 15) is 9.59 Å². The second kappa shape index (κ2) is 6.42. The van der Waals surface area contributed by atoms with Crippen LogP contribution in [0.15, 0.2) is 0 Å². The summed E-state index contributed by atoms with van der Waals surface area (Å²) in [7, 11) is 0. The van der Waals surface area contributed by atoms with E-state index in [0.717, 1.165) is 0 Å². The van der Waals surface area contributed by atoms with Crippen molar-refractivity contribution in [1.82, 2.24) is 10.8 Å². The van der Waals surface area contributed by atoms with Crippen molar-refractivity contribution in [3.8, 4) is 0 Å². The van der Waals surface area contributed by atoms with Gasteiger partial charge in [0.2, 0.25) is 5.91 Å². The lowest BCUT2D eigenvalue weighted by atomic mass is 10.2. The van der Waals surface area contributed by atoms with Crippen LogP contribution in [-0.2, 0) is 14.4 Å². The van der Waals surface area contributed by atoms with Crippen molar-refractivity contribution in [3.05, 3.63) is 0 Å². The van der Waals surface area contributed by atoms with E-state index in [1.807, 2.05) is 0 Å². The van der Waals surface area contributed by atoms with Crippen molar-refractivity contribution >= 4 is 11.8 Å².